The van der Waals surface area contributed by atoms with Crippen LogP contribution in [0.4, 0.5) is 0 Å². The van der Waals surface area contributed by atoms with Crippen LogP contribution in [0.3, 0.4) is 0 Å². The molecule has 0 unspecified atom stereocenters. The van der Waals surface area contributed by atoms with Gasteiger partial charge in [0.15, 0.2) is 0 Å². The number of phenols is 1. The second-order valence-corrected chi connectivity index (χ2v) is 4.92. The zero-order valence-electron chi connectivity index (χ0n) is 11.5. The molecule has 5 heteroatoms. The number of nitrogens with zero attached hydrogens (tertiary/aromatic N) is 2. The normalized spacial score (nSPS) is 12.0. The van der Waals surface area contributed by atoms with Crippen LogP contribution >= 0.6 is 11.9 Å². The molecule has 0 aliphatic carbocycles. The van der Waals surface area contributed by atoms with E-state index < -0.39 is 0 Å². The molecule has 0 aliphatic rings. The van der Waals surface area contributed by atoms with Crippen LogP contribution < -0.4 is 5.14 Å². The maximum absolute atomic E-state index is 9.60. The minimum Gasteiger partial charge on any atom is -0.508 e. The minimum absolute atomic E-state index is 0.220. The molecule has 2 aromatic rings. The Morgan fingerprint density at radius 2 is 1.95 bits per heavy atom. The molecule has 0 radical (unpaired) electrons. The van der Waals surface area contributed by atoms with E-state index in [1.54, 1.807) is 18.2 Å². The fraction of sp³-hybridized carbons (Fsp3) is 0.125. The number of phenolic OH excluding ortho intramolecular Hbond substituents is 1. The molecule has 0 aliphatic heterocycles. The van der Waals surface area contributed by atoms with Crippen molar-refractivity contribution in [3.05, 3.63) is 65.7 Å². The first kappa shape index (κ1) is 15.3. The predicted molar refractivity (Wildman–Crippen MR) is 89.7 cm³/mol. The van der Waals surface area contributed by atoms with Crippen LogP contribution in [0.25, 0.3) is 0 Å². The molecule has 0 spiro atoms. The van der Waals surface area contributed by atoms with Gasteiger partial charge in [-0.15, -0.1) is 0 Å². The molecule has 0 aromatic heterocycles. The van der Waals surface area contributed by atoms with E-state index in [-0.39, 0.29) is 5.75 Å². The van der Waals surface area contributed by atoms with Crippen molar-refractivity contribution >= 4 is 23.2 Å². The zero-order valence-corrected chi connectivity index (χ0v) is 12.3. The van der Waals surface area contributed by atoms with Crippen molar-refractivity contribution in [2.24, 2.45) is 15.3 Å². The molecule has 0 bridgehead atoms. The smallest absolute Gasteiger partial charge is 0.116 e. The Kier molecular flexibility index (Phi) is 5.99. The maximum atomic E-state index is 9.60. The van der Waals surface area contributed by atoms with Crippen molar-refractivity contribution in [2.45, 2.75) is 12.8 Å². The molecule has 4 nitrogen and oxygen atoms in total. The van der Waals surface area contributed by atoms with Crippen LogP contribution in [0, 0.1) is 0 Å². The van der Waals surface area contributed by atoms with Gasteiger partial charge >= 0.3 is 0 Å². The Balaban J connectivity index is 2.16. The molecule has 0 saturated heterocycles. The minimum atomic E-state index is 0.220. The summed E-state index contributed by atoms with van der Waals surface area (Å²) >= 11 is 1.01. The van der Waals surface area contributed by atoms with Gasteiger partial charge in [-0.25, -0.2) is 0 Å². The van der Waals surface area contributed by atoms with E-state index in [9.17, 15) is 5.11 Å². The molecule has 2 rings (SSSR count). The van der Waals surface area contributed by atoms with E-state index >= 15 is 0 Å². The Morgan fingerprint density at radius 1 is 1.14 bits per heavy atom. The molecular formula is C16H17N3OS. The highest BCUT2D eigenvalue weighted by Crippen LogP contribution is 2.15. The number of nitrogens with two attached hydrogens (primary N) is 1. The quantitative estimate of drug-likeness (QED) is 0.372. The first-order chi connectivity index (χ1) is 10.3. The standard InChI is InChI=1S/C16H17N3OS/c17-21-12-18-19-16(14-7-4-8-15(20)11-14)10-9-13-5-2-1-3-6-13/h1-8,11-12,20H,9-10,17H2/b18-12+,19-16+. The number of aryl methyl sites for hydroxylation is 1. The van der Waals surface area contributed by atoms with Gasteiger partial charge in [0.25, 0.3) is 0 Å². The van der Waals surface area contributed by atoms with Crippen LogP contribution in [0.2, 0.25) is 0 Å². The van der Waals surface area contributed by atoms with Crippen LogP contribution in [0.1, 0.15) is 17.5 Å². The second kappa shape index (κ2) is 8.24. The van der Waals surface area contributed by atoms with E-state index in [1.165, 1.54) is 11.1 Å². The van der Waals surface area contributed by atoms with Crippen molar-refractivity contribution < 1.29 is 5.11 Å². The Hall–Kier alpha value is -2.11. The lowest BCUT2D eigenvalue weighted by Gasteiger charge is -2.06. The van der Waals surface area contributed by atoms with Crippen molar-refractivity contribution in [1.82, 2.24) is 0 Å². The topological polar surface area (TPSA) is 71.0 Å². The molecule has 108 valence electrons. The van der Waals surface area contributed by atoms with Gasteiger partial charge in [0.1, 0.15) is 5.75 Å². The summed E-state index contributed by atoms with van der Waals surface area (Å²) in [6.07, 6.45) is 1.60. The van der Waals surface area contributed by atoms with Gasteiger partial charge in [-0.05, 0) is 42.5 Å². The first-order valence-corrected chi connectivity index (χ1v) is 7.51. The van der Waals surface area contributed by atoms with Crippen LogP contribution in [0.15, 0.2) is 64.8 Å². The number of aromatic hydroxyl groups is 1. The Labute approximate surface area is 128 Å². The third-order valence-corrected chi connectivity index (χ3v) is 3.18. The van der Waals surface area contributed by atoms with Gasteiger partial charge in [0.05, 0.1) is 11.3 Å². The molecule has 0 fully saturated rings. The van der Waals surface area contributed by atoms with Crippen molar-refractivity contribution in [1.29, 1.82) is 0 Å². The van der Waals surface area contributed by atoms with Crippen LogP contribution in [-0.4, -0.2) is 16.4 Å². The van der Waals surface area contributed by atoms with E-state index in [1.807, 2.05) is 24.3 Å². The molecule has 0 heterocycles. The molecule has 0 atom stereocenters. The average Bonchev–Trinajstić information content (AvgIpc) is 2.52. The van der Waals surface area contributed by atoms with Gasteiger partial charge in [-0.3, -0.25) is 5.14 Å². The number of benzene rings is 2. The Morgan fingerprint density at radius 3 is 2.67 bits per heavy atom. The summed E-state index contributed by atoms with van der Waals surface area (Å²) in [6, 6.07) is 17.2. The molecular weight excluding hydrogens is 282 g/mol. The summed E-state index contributed by atoms with van der Waals surface area (Å²) in [5, 5.41) is 23.0. The average molecular weight is 299 g/mol. The summed E-state index contributed by atoms with van der Waals surface area (Å²) in [5.41, 5.74) is 4.40. The lowest BCUT2D eigenvalue weighted by atomic mass is 10.0. The van der Waals surface area contributed by atoms with Gasteiger partial charge in [0, 0.05) is 5.56 Å². The van der Waals surface area contributed by atoms with Crippen molar-refractivity contribution in [2.75, 3.05) is 0 Å². The highest BCUT2D eigenvalue weighted by Gasteiger charge is 2.05. The highest BCUT2D eigenvalue weighted by atomic mass is 32.2. The SMILES string of the molecule is NS/C=N/N=C(\CCc1ccccc1)c1cccc(O)c1. The fourth-order valence-electron chi connectivity index (χ4n) is 1.97. The van der Waals surface area contributed by atoms with Crippen molar-refractivity contribution in [3.63, 3.8) is 0 Å². The summed E-state index contributed by atoms with van der Waals surface area (Å²) in [4.78, 5) is 0. The number of hydrogen-bond acceptors (Lipinski definition) is 5. The summed E-state index contributed by atoms with van der Waals surface area (Å²) in [5.74, 6) is 0.220. The molecule has 3 N–H and O–H groups in total. The van der Waals surface area contributed by atoms with Gasteiger partial charge in [-0.1, -0.05) is 42.5 Å². The van der Waals surface area contributed by atoms with E-state index in [2.05, 4.69) is 22.3 Å². The van der Waals surface area contributed by atoms with E-state index in [4.69, 9.17) is 5.14 Å². The maximum Gasteiger partial charge on any atom is 0.116 e. The molecule has 21 heavy (non-hydrogen) atoms. The highest BCUT2D eigenvalue weighted by molar-refractivity contribution is 8.10. The largest absolute Gasteiger partial charge is 0.508 e. The Bertz CT molecular complexity index is 626. The van der Waals surface area contributed by atoms with Crippen LogP contribution in [0.5, 0.6) is 5.75 Å². The molecule has 0 amide bonds. The second-order valence-electron chi connectivity index (χ2n) is 4.44. The third-order valence-electron chi connectivity index (χ3n) is 2.96. The van der Waals surface area contributed by atoms with Gasteiger partial charge in [-0.2, -0.15) is 10.2 Å². The van der Waals surface area contributed by atoms with Crippen molar-refractivity contribution in [3.8, 4) is 5.75 Å². The number of rotatable bonds is 6. The van der Waals surface area contributed by atoms with Gasteiger partial charge < -0.3 is 5.11 Å². The lowest BCUT2D eigenvalue weighted by molar-refractivity contribution is 0.475. The lowest BCUT2D eigenvalue weighted by Crippen LogP contribution is -2.02. The summed E-state index contributed by atoms with van der Waals surface area (Å²) in [6.45, 7) is 0. The van der Waals surface area contributed by atoms with Crippen LogP contribution in [-0.2, 0) is 6.42 Å². The van der Waals surface area contributed by atoms with Gasteiger partial charge in [0.2, 0.25) is 0 Å². The summed E-state index contributed by atoms with van der Waals surface area (Å²) < 4.78 is 0. The fourth-order valence-corrected chi connectivity index (χ4v) is 2.07. The zero-order chi connectivity index (χ0) is 14.9. The summed E-state index contributed by atoms with van der Waals surface area (Å²) in [7, 11) is 0. The van der Waals surface area contributed by atoms with E-state index in [0.717, 1.165) is 36.1 Å². The number of hydrogen-bond donors (Lipinski definition) is 2. The third kappa shape index (κ3) is 5.06. The predicted octanol–water partition coefficient (Wildman–Crippen LogP) is 3.36. The first-order valence-electron chi connectivity index (χ1n) is 6.57. The molecule has 2 aromatic carbocycles. The van der Waals surface area contributed by atoms with E-state index in [0.29, 0.717) is 0 Å². The molecule has 0 saturated carbocycles. The monoisotopic (exact) mass is 299 g/mol.